The number of rotatable bonds is 16. The van der Waals surface area contributed by atoms with Crippen LogP contribution in [0.25, 0.3) is 0 Å². The van der Waals surface area contributed by atoms with Gasteiger partial charge in [0.05, 0.1) is 12.3 Å². The van der Waals surface area contributed by atoms with E-state index in [-0.39, 0.29) is 17.9 Å². The Morgan fingerprint density at radius 3 is 1.60 bits per heavy atom. The van der Waals surface area contributed by atoms with Crippen molar-refractivity contribution >= 4 is 11.9 Å². The zero-order valence-corrected chi connectivity index (χ0v) is 16.7. The van der Waals surface area contributed by atoms with Crippen molar-refractivity contribution < 1.29 is 14.3 Å². The van der Waals surface area contributed by atoms with Gasteiger partial charge in [0.15, 0.2) is 0 Å². The molecule has 1 fully saturated rings. The fraction of sp³-hybridized carbons (Fsp3) is 0.909. The smallest absolute Gasteiger partial charge is 0.317 e. The molecule has 1 rings (SSSR count). The molecular formula is C22H40O3. The van der Waals surface area contributed by atoms with E-state index in [0.29, 0.717) is 12.3 Å². The highest BCUT2D eigenvalue weighted by molar-refractivity contribution is 5.94. The Kier molecular flexibility index (Phi) is 12.7. The molecule has 0 amide bonds. The average Bonchev–Trinajstić information content (AvgIpc) is 2.93. The molecule has 25 heavy (non-hydrogen) atoms. The minimum atomic E-state index is -0.317. The molecule has 0 radical (unpaired) electrons. The molecule has 0 aromatic carbocycles. The lowest BCUT2D eigenvalue weighted by molar-refractivity contribution is -0.153. The summed E-state index contributed by atoms with van der Waals surface area (Å²) in [5.74, 6) is -0.393. The van der Waals surface area contributed by atoms with Crippen molar-refractivity contribution in [1.29, 1.82) is 0 Å². The molecule has 146 valence electrons. The standard InChI is InChI=1S/C22H40O3/c1-3-5-7-9-11-13-15-17-19(16-14-12-10-8-6-4-2)20-18-21(23)25-22(20)24/h19-20H,3-18H2,1-2H3. The van der Waals surface area contributed by atoms with E-state index >= 15 is 0 Å². The van der Waals surface area contributed by atoms with Crippen LogP contribution < -0.4 is 0 Å². The normalized spacial score (nSPS) is 18.6. The van der Waals surface area contributed by atoms with Crippen LogP contribution in [0.15, 0.2) is 0 Å². The van der Waals surface area contributed by atoms with E-state index < -0.39 is 0 Å². The van der Waals surface area contributed by atoms with E-state index in [9.17, 15) is 9.59 Å². The van der Waals surface area contributed by atoms with Crippen LogP contribution in [0, 0.1) is 11.8 Å². The minimum absolute atomic E-state index is 0.164. The molecule has 0 aromatic rings. The summed E-state index contributed by atoms with van der Waals surface area (Å²) in [6.07, 6.45) is 19.2. The second-order valence-corrected chi connectivity index (χ2v) is 7.83. The lowest BCUT2D eigenvalue weighted by Crippen LogP contribution is -2.19. The topological polar surface area (TPSA) is 43.4 Å². The van der Waals surface area contributed by atoms with Gasteiger partial charge < -0.3 is 4.74 Å². The predicted octanol–water partition coefficient (Wildman–Crippen LogP) is 6.58. The van der Waals surface area contributed by atoms with Crippen molar-refractivity contribution in [2.75, 3.05) is 0 Å². The van der Waals surface area contributed by atoms with Crippen LogP contribution in [0.4, 0.5) is 0 Å². The average molecular weight is 353 g/mol. The van der Waals surface area contributed by atoms with Crippen LogP contribution in [0.2, 0.25) is 0 Å². The SMILES string of the molecule is CCCCCCCCCC(CCCCCCCC)C1CC(=O)OC1=O. The van der Waals surface area contributed by atoms with Gasteiger partial charge in [-0.25, -0.2) is 0 Å². The number of hydrogen-bond acceptors (Lipinski definition) is 3. The third-order valence-electron chi connectivity index (χ3n) is 5.58. The maximum absolute atomic E-state index is 12.0. The van der Waals surface area contributed by atoms with Crippen LogP contribution in [0.1, 0.15) is 117 Å². The van der Waals surface area contributed by atoms with Crippen molar-refractivity contribution in [3.8, 4) is 0 Å². The third-order valence-corrected chi connectivity index (χ3v) is 5.58. The Balaban J connectivity index is 2.28. The number of carbonyl (C=O) groups excluding carboxylic acids is 2. The van der Waals surface area contributed by atoms with Crippen molar-refractivity contribution in [1.82, 2.24) is 0 Å². The largest absolute Gasteiger partial charge is 0.393 e. The molecule has 2 atom stereocenters. The molecule has 3 nitrogen and oxygen atoms in total. The Morgan fingerprint density at radius 1 is 0.760 bits per heavy atom. The first-order chi connectivity index (χ1) is 12.2. The Labute approximate surface area is 155 Å². The first-order valence-corrected chi connectivity index (χ1v) is 10.9. The summed E-state index contributed by atoms with van der Waals surface area (Å²) >= 11 is 0. The molecular weight excluding hydrogens is 312 g/mol. The zero-order chi connectivity index (χ0) is 18.3. The maximum atomic E-state index is 12.0. The van der Waals surface area contributed by atoms with Crippen LogP contribution in [0.3, 0.4) is 0 Å². The molecule has 1 heterocycles. The molecule has 0 N–H and O–H groups in total. The van der Waals surface area contributed by atoms with Gasteiger partial charge in [-0.1, -0.05) is 97.3 Å². The summed E-state index contributed by atoms with van der Waals surface area (Å²) in [6, 6.07) is 0. The Bertz CT molecular complexity index is 364. The first kappa shape index (κ1) is 22.2. The molecule has 3 heteroatoms. The third kappa shape index (κ3) is 10.0. The van der Waals surface area contributed by atoms with E-state index in [2.05, 4.69) is 13.8 Å². The molecule has 1 aliphatic rings. The van der Waals surface area contributed by atoms with Gasteiger partial charge in [-0.05, 0) is 18.8 Å². The highest BCUT2D eigenvalue weighted by Crippen LogP contribution is 2.32. The second kappa shape index (κ2) is 14.3. The first-order valence-electron chi connectivity index (χ1n) is 10.9. The van der Waals surface area contributed by atoms with E-state index in [0.717, 1.165) is 12.8 Å². The lowest BCUT2D eigenvalue weighted by Gasteiger charge is -2.20. The van der Waals surface area contributed by atoms with Crippen LogP contribution in [0.5, 0.6) is 0 Å². The number of ether oxygens (including phenoxy) is 1. The maximum Gasteiger partial charge on any atom is 0.317 e. The fourth-order valence-corrected chi connectivity index (χ4v) is 3.95. The molecule has 0 spiro atoms. The summed E-state index contributed by atoms with van der Waals surface area (Å²) in [5.41, 5.74) is 0. The summed E-state index contributed by atoms with van der Waals surface area (Å²) in [4.78, 5) is 23.4. The summed E-state index contributed by atoms with van der Waals surface area (Å²) in [6.45, 7) is 4.48. The minimum Gasteiger partial charge on any atom is -0.393 e. The van der Waals surface area contributed by atoms with Gasteiger partial charge in [-0.2, -0.15) is 0 Å². The van der Waals surface area contributed by atoms with Gasteiger partial charge in [0.25, 0.3) is 0 Å². The fourth-order valence-electron chi connectivity index (χ4n) is 3.95. The Hall–Kier alpha value is -0.860. The van der Waals surface area contributed by atoms with Gasteiger partial charge in [0.2, 0.25) is 0 Å². The lowest BCUT2D eigenvalue weighted by atomic mass is 9.82. The molecule has 0 bridgehead atoms. The second-order valence-electron chi connectivity index (χ2n) is 7.83. The number of cyclic esters (lactones) is 2. The molecule has 1 saturated heterocycles. The number of esters is 2. The highest BCUT2D eigenvalue weighted by Gasteiger charge is 2.38. The van der Waals surface area contributed by atoms with E-state index in [1.807, 2.05) is 0 Å². The summed E-state index contributed by atoms with van der Waals surface area (Å²) in [7, 11) is 0. The van der Waals surface area contributed by atoms with E-state index in [1.165, 1.54) is 83.5 Å². The zero-order valence-electron chi connectivity index (χ0n) is 16.7. The Morgan fingerprint density at radius 2 is 1.20 bits per heavy atom. The summed E-state index contributed by atoms with van der Waals surface area (Å²) < 4.78 is 4.81. The van der Waals surface area contributed by atoms with Crippen molar-refractivity contribution in [2.45, 2.75) is 117 Å². The van der Waals surface area contributed by atoms with Gasteiger partial charge in [0.1, 0.15) is 0 Å². The molecule has 0 aromatic heterocycles. The highest BCUT2D eigenvalue weighted by atomic mass is 16.6. The van der Waals surface area contributed by atoms with Gasteiger partial charge in [-0.15, -0.1) is 0 Å². The van der Waals surface area contributed by atoms with Gasteiger partial charge in [0, 0.05) is 0 Å². The molecule has 0 aliphatic carbocycles. The van der Waals surface area contributed by atoms with Gasteiger partial charge >= 0.3 is 11.9 Å². The number of unbranched alkanes of at least 4 members (excludes halogenated alkanes) is 11. The predicted molar refractivity (Wildman–Crippen MR) is 103 cm³/mol. The quantitative estimate of drug-likeness (QED) is 0.179. The van der Waals surface area contributed by atoms with Crippen molar-refractivity contribution in [2.24, 2.45) is 11.8 Å². The van der Waals surface area contributed by atoms with Crippen molar-refractivity contribution in [3.05, 3.63) is 0 Å². The van der Waals surface area contributed by atoms with Gasteiger partial charge in [-0.3, -0.25) is 9.59 Å². The van der Waals surface area contributed by atoms with Crippen LogP contribution in [-0.4, -0.2) is 11.9 Å². The van der Waals surface area contributed by atoms with Crippen molar-refractivity contribution in [3.63, 3.8) is 0 Å². The molecule has 2 unspecified atom stereocenters. The number of hydrogen-bond donors (Lipinski definition) is 0. The van der Waals surface area contributed by atoms with E-state index in [4.69, 9.17) is 4.74 Å². The number of carbonyl (C=O) groups is 2. The van der Waals surface area contributed by atoms with E-state index in [1.54, 1.807) is 0 Å². The molecule has 1 aliphatic heterocycles. The molecule has 0 saturated carbocycles. The monoisotopic (exact) mass is 352 g/mol. The summed E-state index contributed by atoms with van der Waals surface area (Å²) in [5, 5.41) is 0. The van der Waals surface area contributed by atoms with Crippen LogP contribution >= 0.6 is 0 Å². The van der Waals surface area contributed by atoms with Crippen LogP contribution in [-0.2, 0) is 14.3 Å².